The Labute approximate surface area is 157 Å². The van der Waals surface area contributed by atoms with Crippen molar-refractivity contribution >= 4 is 11.8 Å². The average Bonchev–Trinajstić information content (AvgIpc) is 2.93. The normalized spacial score (nSPS) is 16.4. The highest BCUT2D eigenvalue weighted by atomic mass is 16.7. The largest absolute Gasteiger partial charge is 0.473 e. The van der Waals surface area contributed by atoms with E-state index in [9.17, 15) is 4.79 Å². The molecule has 4 rings (SSSR count). The van der Waals surface area contributed by atoms with E-state index in [1.165, 1.54) is 0 Å². The van der Waals surface area contributed by atoms with Gasteiger partial charge in [-0.05, 0) is 30.2 Å². The van der Waals surface area contributed by atoms with Crippen LogP contribution in [0.5, 0.6) is 17.2 Å². The zero-order valence-electron chi connectivity index (χ0n) is 15.3. The third-order valence-corrected chi connectivity index (χ3v) is 4.56. The van der Waals surface area contributed by atoms with Gasteiger partial charge in [0.1, 0.15) is 5.75 Å². The Hall–Kier alpha value is -3.09. The van der Waals surface area contributed by atoms with Gasteiger partial charge in [-0.15, -0.1) is 0 Å². The van der Waals surface area contributed by atoms with E-state index in [1.54, 1.807) is 0 Å². The van der Waals surface area contributed by atoms with Crippen LogP contribution in [0.4, 0.5) is 10.5 Å². The first-order valence-corrected chi connectivity index (χ1v) is 8.88. The van der Waals surface area contributed by atoms with Crippen LogP contribution in [0, 0.1) is 0 Å². The molecule has 2 aliphatic heterocycles. The van der Waals surface area contributed by atoms with Crippen LogP contribution >= 0.6 is 0 Å². The predicted molar refractivity (Wildman–Crippen MR) is 99.6 cm³/mol. The van der Waals surface area contributed by atoms with Crippen LogP contribution in [-0.4, -0.2) is 30.3 Å². The van der Waals surface area contributed by atoms with Crippen molar-refractivity contribution in [2.45, 2.75) is 32.6 Å². The van der Waals surface area contributed by atoms with Crippen LogP contribution in [0.3, 0.4) is 0 Å². The molecule has 2 heterocycles. The summed E-state index contributed by atoms with van der Waals surface area (Å²) in [7, 11) is 0. The summed E-state index contributed by atoms with van der Waals surface area (Å²) in [6, 6.07) is 11.9. The Bertz CT molecular complexity index is 881. The number of amides is 1. The Morgan fingerprint density at radius 1 is 1.15 bits per heavy atom. The van der Waals surface area contributed by atoms with Crippen LogP contribution in [0.15, 0.2) is 36.4 Å². The van der Waals surface area contributed by atoms with Crippen LogP contribution in [0.25, 0.3) is 0 Å². The highest BCUT2D eigenvalue weighted by molar-refractivity contribution is 5.64. The molecule has 0 aliphatic carbocycles. The number of nitrogens with one attached hydrogen (secondary N) is 1. The third-order valence-electron chi connectivity index (χ3n) is 4.56. The van der Waals surface area contributed by atoms with Gasteiger partial charge in [0.05, 0.1) is 0 Å². The molecular formula is C20H22N2O5. The molecule has 0 atom stereocenters. The smallest absolute Gasteiger partial charge is 0.404 e. The highest BCUT2D eigenvalue weighted by Crippen LogP contribution is 2.42. The lowest BCUT2D eigenvalue weighted by Crippen LogP contribution is -2.32. The summed E-state index contributed by atoms with van der Waals surface area (Å²) in [6.45, 7) is 5.31. The second-order valence-electron chi connectivity index (χ2n) is 7.13. The standard InChI is InChI=1S/C20H22N2O5/c1-20(2)26-17-6-4-15(10-18(17)27-20)22-11-14-9-13(7-8-21-19(23)24)3-5-16(14)25-12-22/h3-6,9-10,21H,7-8,11-12H2,1-2H3,(H,23,24). The van der Waals surface area contributed by atoms with Gasteiger partial charge in [-0.2, -0.15) is 0 Å². The fourth-order valence-electron chi connectivity index (χ4n) is 3.34. The van der Waals surface area contributed by atoms with Crippen LogP contribution in [-0.2, 0) is 13.0 Å². The maximum atomic E-state index is 10.6. The SMILES string of the molecule is CC1(C)Oc2ccc(N3COc4ccc(CCNC(=O)O)cc4C3)cc2O1. The lowest BCUT2D eigenvalue weighted by atomic mass is 10.1. The molecule has 0 unspecified atom stereocenters. The minimum absolute atomic E-state index is 0.386. The van der Waals surface area contributed by atoms with Gasteiger partial charge in [0.15, 0.2) is 18.2 Å². The number of carboxylic acid groups (broad SMARTS) is 1. The summed E-state index contributed by atoms with van der Waals surface area (Å²) in [5.41, 5.74) is 3.14. The zero-order valence-corrected chi connectivity index (χ0v) is 15.3. The first kappa shape index (κ1) is 17.3. The molecule has 0 bridgehead atoms. The third kappa shape index (κ3) is 3.72. The van der Waals surface area contributed by atoms with Crippen molar-refractivity contribution in [1.29, 1.82) is 0 Å². The molecular weight excluding hydrogens is 348 g/mol. The van der Waals surface area contributed by atoms with E-state index in [1.807, 2.05) is 44.2 Å². The van der Waals surface area contributed by atoms with Crippen molar-refractivity contribution in [3.05, 3.63) is 47.5 Å². The molecule has 1 amide bonds. The first-order chi connectivity index (χ1) is 12.9. The number of hydrogen-bond donors (Lipinski definition) is 2. The van der Waals surface area contributed by atoms with E-state index in [0.29, 0.717) is 26.2 Å². The molecule has 0 fully saturated rings. The van der Waals surface area contributed by atoms with Gasteiger partial charge in [-0.1, -0.05) is 12.1 Å². The van der Waals surface area contributed by atoms with Gasteiger partial charge < -0.3 is 29.5 Å². The summed E-state index contributed by atoms with van der Waals surface area (Å²) in [5.74, 6) is 1.69. The summed E-state index contributed by atoms with van der Waals surface area (Å²) in [5, 5.41) is 11.1. The van der Waals surface area contributed by atoms with Crippen molar-refractivity contribution in [1.82, 2.24) is 5.32 Å². The molecule has 2 aliphatic rings. The van der Waals surface area contributed by atoms with Gasteiger partial charge in [-0.25, -0.2) is 4.79 Å². The second kappa shape index (κ2) is 6.57. The molecule has 2 aromatic rings. The summed E-state index contributed by atoms with van der Waals surface area (Å²) >= 11 is 0. The predicted octanol–water partition coefficient (Wildman–Crippen LogP) is 3.36. The monoisotopic (exact) mass is 370 g/mol. The average molecular weight is 370 g/mol. The first-order valence-electron chi connectivity index (χ1n) is 8.88. The zero-order chi connectivity index (χ0) is 19.0. The molecule has 0 aromatic heterocycles. The number of nitrogens with zero attached hydrogens (tertiary/aromatic N) is 1. The summed E-state index contributed by atoms with van der Waals surface area (Å²) < 4.78 is 17.5. The van der Waals surface area contributed by atoms with Gasteiger partial charge in [0, 0.05) is 44.3 Å². The Morgan fingerprint density at radius 2 is 1.93 bits per heavy atom. The Kier molecular flexibility index (Phi) is 4.22. The Morgan fingerprint density at radius 3 is 2.74 bits per heavy atom. The quantitative estimate of drug-likeness (QED) is 0.859. The van der Waals surface area contributed by atoms with E-state index in [4.69, 9.17) is 19.3 Å². The number of benzene rings is 2. The summed E-state index contributed by atoms with van der Waals surface area (Å²) in [6.07, 6.45) is -0.368. The number of anilines is 1. The number of fused-ring (bicyclic) bond motifs is 2. The minimum atomic E-state index is -1.01. The number of hydrogen-bond acceptors (Lipinski definition) is 5. The molecule has 2 N–H and O–H groups in total. The molecule has 0 saturated heterocycles. The van der Waals surface area contributed by atoms with Crippen molar-refractivity contribution in [3.8, 4) is 17.2 Å². The maximum absolute atomic E-state index is 10.6. The van der Waals surface area contributed by atoms with Gasteiger partial charge in [-0.3, -0.25) is 0 Å². The van der Waals surface area contributed by atoms with Crippen LogP contribution in [0.1, 0.15) is 25.0 Å². The van der Waals surface area contributed by atoms with E-state index < -0.39 is 11.9 Å². The van der Waals surface area contributed by atoms with Crippen molar-refractivity contribution < 1.29 is 24.1 Å². The lowest BCUT2D eigenvalue weighted by molar-refractivity contribution is -0.0431. The fraction of sp³-hybridized carbons (Fsp3) is 0.350. The highest BCUT2D eigenvalue weighted by Gasteiger charge is 2.32. The fourth-order valence-corrected chi connectivity index (χ4v) is 3.34. The van der Waals surface area contributed by atoms with Gasteiger partial charge in [0.2, 0.25) is 5.79 Å². The molecule has 27 heavy (non-hydrogen) atoms. The molecule has 2 aromatic carbocycles. The Balaban J connectivity index is 1.49. The van der Waals surface area contributed by atoms with E-state index in [2.05, 4.69) is 16.3 Å². The molecule has 7 heteroatoms. The summed E-state index contributed by atoms with van der Waals surface area (Å²) in [4.78, 5) is 12.7. The number of carbonyl (C=O) groups is 1. The van der Waals surface area contributed by atoms with Gasteiger partial charge in [0.25, 0.3) is 0 Å². The lowest BCUT2D eigenvalue weighted by Gasteiger charge is -2.31. The van der Waals surface area contributed by atoms with Crippen molar-refractivity contribution in [2.75, 3.05) is 18.2 Å². The minimum Gasteiger partial charge on any atom is -0.473 e. The molecule has 0 saturated carbocycles. The molecule has 7 nitrogen and oxygen atoms in total. The van der Waals surface area contributed by atoms with Crippen LogP contribution in [0.2, 0.25) is 0 Å². The van der Waals surface area contributed by atoms with E-state index >= 15 is 0 Å². The molecule has 142 valence electrons. The van der Waals surface area contributed by atoms with Crippen molar-refractivity contribution in [2.24, 2.45) is 0 Å². The van der Waals surface area contributed by atoms with Gasteiger partial charge >= 0.3 is 6.09 Å². The van der Waals surface area contributed by atoms with E-state index in [-0.39, 0.29) is 0 Å². The number of ether oxygens (including phenoxy) is 3. The number of rotatable bonds is 4. The van der Waals surface area contributed by atoms with Crippen LogP contribution < -0.4 is 24.4 Å². The molecule has 0 spiro atoms. The molecule has 0 radical (unpaired) electrons. The van der Waals surface area contributed by atoms with E-state index in [0.717, 1.165) is 34.1 Å². The topological polar surface area (TPSA) is 80.3 Å². The van der Waals surface area contributed by atoms with Crippen molar-refractivity contribution in [3.63, 3.8) is 0 Å². The maximum Gasteiger partial charge on any atom is 0.404 e. The second-order valence-corrected chi connectivity index (χ2v) is 7.13.